The van der Waals surface area contributed by atoms with Gasteiger partial charge in [0.15, 0.2) is 0 Å². The van der Waals surface area contributed by atoms with Crippen molar-refractivity contribution >= 4 is 29.0 Å². The molecule has 0 radical (unpaired) electrons. The van der Waals surface area contributed by atoms with Gasteiger partial charge >= 0.3 is 0 Å². The van der Waals surface area contributed by atoms with E-state index in [9.17, 15) is 0 Å². The van der Waals surface area contributed by atoms with Gasteiger partial charge in [-0.3, -0.25) is 0 Å². The highest BCUT2D eigenvalue weighted by Crippen LogP contribution is 2.28. The third-order valence-corrected chi connectivity index (χ3v) is 3.08. The van der Waals surface area contributed by atoms with Crippen LogP contribution in [0.15, 0.2) is 24.3 Å². The molecule has 4 nitrogen and oxygen atoms in total. The number of aromatic nitrogens is 2. The van der Waals surface area contributed by atoms with Crippen molar-refractivity contribution in [3.05, 3.63) is 40.1 Å². The van der Waals surface area contributed by atoms with Crippen molar-refractivity contribution in [1.29, 1.82) is 0 Å². The summed E-state index contributed by atoms with van der Waals surface area (Å²) in [6.45, 7) is 4.88. The molecule has 0 saturated carbocycles. The van der Waals surface area contributed by atoms with E-state index in [0.717, 1.165) is 31.0 Å². The summed E-state index contributed by atoms with van der Waals surface area (Å²) in [6, 6.07) is 6.81. The summed E-state index contributed by atoms with van der Waals surface area (Å²) in [5.41, 5.74) is 0. The summed E-state index contributed by atoms with van der Waals surface area (Å²) in [5, 5.41) is 4.21. The van der Waals surface area contributed by atoms with E-state index in [1.807, 2.05) is 6.92 Å². The molecule has 0 amide bonds. The number of anilines is 1. The van der Waals surface area contributed by atoms with Crippen LogP contribution in [0, 0.1) is 0 Å². The molecule has 1 aromatic heterocycles. The fourth-order valence-corrected chi connectivity index (χ4v) is 2.35. The average Bonchev–Trinajstić information content (AvgIpc) is 2.37. The van der Waals surface area contributed by atoms with Gasteiger partial charge in [0.1, 0.15) is 17.4 Å². The molecule has 21 heavy (non-hydrogen) atoms. The molecule has 0 bridgehead atoms. The van der Waals surface area contributed by atoms with Crippen molar-refractivity contribution in [2.45, 2.75) is 26.7 Å². The van der Waals surface area contributed by atoms with Crippen molar-refractivity contribution < 1.29 is 4.74 Å². The second-order valence-corrected chi connectivity index (χ2v) is 5.37. The Balaban J connectivity index is 2.28. The summed E-state index contributed by atoms with van der Waals surface area (Å²) in [5.74, 6) is 2.52. The maximum Gasteiger partial charge on any atom is 0.224 e. The normalized spacial score (nSPS) is 10.5. The van der Waals surface area contributed by atoms with Crippen molar-refractivity contribution in [1.82, 2.24) is 9.97 Å². The zero-order valence-corrected chi connectivity index (χ0v) is 13.5. The first-order valence-corrected chi connectivity index (χ1v) is 7.62. The Hall–Kier alpha value is -1.52. The number of nitrogens with one attached hydrogen (secondary N) is 1. The fourth-order valence-electron chi connectivity index (χ4n) is 1.84. The topological polar surface area (TPSA) is 47.0 Å². The molecule has 0 fully saturated rings. The first kappa shape index (κ1) is 15.9. The molecule has 1 heterocycles. The van der Waals surface area contributed by atoms with Gasteiger partial charge in [-0.05, 0) is 31.5 Å². The monoisotopic (exact) mass is 325 g/mol. The van der Waals surface area contributed by atoms with Crippen LogP contribution >= 0.6 is 23.2 Å². The third kappa shape index (κ3) is 4.76. The molecule has 0 atom stereocenters. The van der Waals surface area contributed by atoms with Gasteiger partial charge in [0.05, 0.1) is 0 Å². The van der Waals surface area contributed by atoms with E-state index in [1.54, 1.807) is 24.3 Å². The largest absolute Gasteiger partial charge is 0.439 e. The van der Waals surface area contributed by atoms with E-state index in [4.69, 9.17) is 27.9 Å². The lowest BCUT2D eigenvalue weighted by molar-refractivity contribution is 0.459. The van der Waals surface area contributed by atoms with E-state index in [2.05, 4.69) is 22.2 Å². The predicted molar refractivity (Wildman–Crippen MR) is 86.7 cm³/mol. The van der Waals surface area contributed by atoms with Crippen molar-refractivity contribution in [2.24, 2.45) is 0 Å². The number of nitrogens with zero attached hydrogens (tertiary/aromatic N) is 2. The second kappa shape index (κ2) is 7.48. The smallest absolute Gasteiger partial charge is 0.224 e. The molecular formula is C15H17Cl2N3O. The lowest BCUT2D eigenvalue weighted by atomic mass is 10.3. The Labute approximate surface area is 134 Å². The van der Waals surface area contributed by atoms with Gasteiger partial charge in [-0.25, -0.2) is 4.98 Å². The van der Waals surface area contributed by atoms with Gasteiger partial charge in [0.25, 0.3) is 0 Å². The van der Waals surface area contributed by atoms with E-state index in [0.29, 0.717) is 21.7 Å². The van der Waals surface area contributed by atoms with E-state index in [1.165, 1.54) is 0 Å². The first-order chi connectivity index (χ1) is 10.1. The number of hydrogen-bond acceptors (Lipinski definition) is 4. The van der Waals surface area contributed by atoms with E-state index < -0.39 is 0 Å². The number of ether oxygens (including phenoxy) is 1. The summed E-state index contributed by atoms with van der Waals surface area (Å²) in [7, 11) is 0. The van der Waals surface area contributed by atoms with Gasteiger partial charge in [-0.2, -0.15) is 4.98 Å². The summed E-state index contributed by atoms with van der Waals surface area (Å²) < 4.78 is 5.75. The Morgan fingerprint density at radius 1 is 1.05 bits per heavy atom. The Morgan fingerprint density at radius 3 is 2.38 bits per heavy atom. The van der Waals surface area contributed by atoms with Gasteiger partial charge < -0.3 is 10.1 Å². The molecule has 1 N–H and O–H groups in total. The summed E-state index contributed by atoms with van der Waals surface area (Å²) in [4.78, 5) is 8.84. The lowest BCUT2D eigenvalue weighted by Crippen LogP contribution is -2.04. The van der Waals surface area contributed by atoms with Crippen LogP contribution in [0.1, 0.15) is 26.1 Å². The molecule has 1 aromatic carbocycles. The van der Waals surface area contributed by atoms with Crippen LogP contribution in [0.3, 0.4) is 0 Å². The lowest BCUT2D eigenvalue weighted by Gasteiger charge is -2.10. The molecule has 0 aliphatic heterocycles. The Morgan fingerprint density at radius 2 is 1.76 bits per heavy atom. The van der Waals surface area contributed by atoms with Crippen LogP contribution in [0.2, 0.25) is 10.0 Å². The number of benzene rings is 1. The van der Waals surface area contributed by atoms with Gasteiger partial charge in [0, 0.05) is 29.1 Å². The molecule has 0 aliphatic rings. The standard InChI is InChI=1S/C15H17Cl2N3O/c1-3-5-13-19-14(18-4-2)9-15(20-13)21-12-7-10(16)6-11(17)8-12/h6-9H,3-5H2,1-2H3,(H,18,19,20). The molecular weight excluding hydrogens is 309 g/mol. The van der Waals surface area contributed by atoms with E-state index >= 15 is 0 Å². The van der Waals surface area contributed by atoms with Gasteiger partial charge in [-0.15, -0.1) is 0 Å². The molecule has 0 unspecified atom stereocenters. The fraction of sp³-hybridized carbons (Fsp3) is 0.333. The Bertz CT molecular complexity index is 575. The Kier molecular flexibility index (Phi) is 5.65. The molecule has 6 heteroatoms. The van der Waals surface area contributed by atoms with Crippen LogP contribution in [0.4, 0.5) is 5.82 Å². The maximum atomic E-state index is 5.97. The zero-order chi connectivity index (χ0) is 15.2. The van der Waals surface area contributed by atoms with Crippen molar-refractivity contribution in [2.75, 3.05) is 11.9 Å². The SMILES string of the molecule is CCCc1nc(NCC)cc(Oc2cc(Cl)cc(Cl)c2)n1. The minimum atomic E-state index is 0.475. The molecule has 0 saturated heterocycles. The number of rotatable bonds is 6. The highest BCUT2D eigenvalue weighted by molar-refractivity contribution is 6.34. The molecule has 0 spiro atoms. The predicted octanol–water partition coefficient (Wildman–Crippen LogP) is 4.96. The zero-order valence-electron chi connectivity index (χ0n) is 12.0. The van der Waals surface area contributed by atoms with Crippen LogP contribution in [0.25, 0.3) is 0 Å². The van der Waals surface area contributed by atoms with Crippen molar-refractivity contribution in [3.8, 4) is 11.6 Å². The third-order valence-electron chi connectivity index (χ3n) is 2.64. The van der Waals surface area contributed by atoms with Crippen LogP contribution in [-0.2, 0) is 6.42 Å². The first-order valence-electron chi connectivity index (χ1n) is 6.86. The summed E-state index contributed by atoms with van der Waals surface area (Å²) in [6.07, 6.45) is 1.77. The second-order valence-electron chi connectivity index (χ2n) is 4.50. The minimum absolute atomic E-state index is 0.475. The number of halogens is 2. The molecule has 0 aliphatic carbocycles. The quantitative estimate of drug-likeness (QED) is 0.815. The molecule has 2 aromatic rings. The highest BCUT2D eigenvalue weighted by atomic mass is 35.5. The van der Waals surface area contributed by atoms with Crippen LogP contribution < -0.4 is 10.1 Å². The van der Waals surface area contributed by atoms with Crippen LogP contribution in [-0.4, -0.2) is 16.5 Å². The maximum absolute atomic E-state index is 5.97. The molecule has 112 valence electrons. The van der Waals surface area contributed by atoms with Crippen molar-refractivity contribution in [3.63, 3.8) is 0 Å². The number of hydrogen-bond donors (Lipinski definition) is 1. The van der Waals surface area contributed by atoms with Gasteiger partial charge in [0.2, 0.25) is 5.88 Å². The molecule has 2 rings (SSSR count). The number of aryl methyl sites for hydroxylation is 1. The summed E-state index contributed by atoms with van der Waals surface area (Å²) >= 11 is 11.9. The minimum Gasteiger partial charge on any atom is -0.439 e. The van der Waals surface area contributed by atoms with E-state index in [-0.39, 0.29) is 0 Å². The van der Waals surface area contributed by atoms with Crippen LogP contribution in [0.5, 0.6) is 11.6 Å². The highest BCUT2D eigenvalue weighted by Gasteiger charge is 2.07. The van der Waals surface area contributed by atoms with Gasteiger partial charge in [-0.1, -0.05) is 30.1 Å². The average molecular weight is 326 g/mol.